The lowest BCUT2D eigenvalue weighted by Crippen LogP contribution is -2.45. The summed E-state index contributed by atoms with van der Waals surface area (Å²) in [6.45, 7) is 4.93. The summed E-state index contributed by atoms with van der Waals surface area (Å²) in [5, 5.41) is 23.3. The quantitative estimate of drug-likeness (QED) is 0.0321. The summed E-state index contributed by atoms with van der Waals surface area (Å²) in [5.74, 6) is -0.0579. The van der Waals surface area contributed by atoms with E-state index in [2.05, 4.69) is 31.3 Å². The van der Waals surface area contributed by atoms with E-state index < -0.39 is 12.1 Å². The largest absolute Gasteiger partial charge is 0.466 e. The molecule has 0 aliphatic carbocycles. The van der Waals surface area contributed by atoms with Gasteiger partial charge >= 0.3 is 5.97 Å². The van der Waals surface area contributed by atoms with Crippen LogP contribution in [0.3, 0.4) is 0 Å². The number of hydrogen-bond donors (Lipinski definition) is 3. The van der Waals surface area contributed by atoms with Crippen molar-refractivity contribution >= 4 is 11.9 Å². The lowest BCUT2D eigenvalue weighted by molar-refractivity contribution is -0.143. The van der Waals surface area contributed by atoms with E-state index in [1.165, 1.54) is 238 Å². The molecule has 0 aliphatic rings. The van der Waals surface area contributed by atoms with Crippen molar-refractivity contribution in [2.24, 2.45) is 0 Å². The lowest BCUT2D eigenvalue weighted by Gasteiger charge is -2.22. The zero-order valence-electron chi connectivity index (χ0n) is 43.3. The number of esters is 1. The number of ether oxygens (including phenoxy) is 1. The third-order valence-electron chi connectivity index (χ3n) is 13.6. The maximum absolute atomic E-state index is 12.5. The molecule has 2 atom stereocenters. The summed E-state index contributed by atoms with van der Waals surface area (Å²) in [7, 11) is 0. The fraction of sp³-hybridized carbons (Fsp3) is 0.931. The number of carbonyl (C=O) groups is 2. The molecule has 0 aliphatic heterocycles. The SMILES string of the molecule is CCCCCCC/C=C\CCCCCCCC(=O)OCCCCCCCCCCCCCCCC(=O)NC(CO)C(O)CCCCCCCCCCCCCCCCCCCCCC. The van der Waals surface area contributed by atoms with E-state index in [-0.39, 0.29) is 18.5 Å². The van der Waals surface area contributed by atoms with Gasteiger partial charge in [-0.1, -0.05) is 270 Å². The summed E-state index contributed by atoms with van der Waals surface area (Å²) in [4.78, 5) is 24.5. The van der Waals surface area contributed by atoms with Crippen LogP contribution < -0.4 is 5.32 Å². The smallest absolute Gasteiger partial charge is 0.305 e. The van der Waals surface area contributed by atoms with Crippen LogP contribution in [0.4, 0.5) is 0 Å². The number of hydrogen-bond acceptors (Lipinski definition) is 5. The molecule has 0 spiro atoms. The first-order valence-corrected chi connectivity index (χ1v) is 28.9. The number of amides is 1. The molecule has 1 amide bonds. The van der Waals surface area contributed by atoms with Crippen LogP contribution >= 0.6 is 0 Å². The minimum absolute atomic E-state index is 0.0130. The van der Waals surface area contributed by atoms with Gasteiger partial charge in [-0.3, -0.25) is 9.59 Å². The average molecular weight is 905 g/mol. The zero-order valence-corrected chi connectivity index (χ0v) is 43.3. The second-order valence-corrected chi connectivity index (χ2v) is 20.0. The predicted molar refractivity (Wildman–Crippen MR) is 278 cm³/mol. The average Bonchev–Trinajstić information content (AvgIpc) is 3.29. The Balaban J connectivity index is 3.45. The van der Waals surface area contributed by atoms with Crippen LogP contribution in [0.25, 0.3) is 0 Å². The van der Waals surface area contributed by atoms with E-state index in [1.54, 1.807) is 0 Å². The molecule has 0 saturated heterocycles. The normalized spacial score (nSPS) is 12.6. The van der Waals surface area contributed by atoms with Crippen molar-refractivity contribution in [1.29, 1.82) is 0 Å². The number of carbonyl (C=O) groups excluding carboxylic acids is 2. The van der Waals surface area contributed by atoms with Crippen LogP contribution in [0.1, 0.15) is 322 Å². The molecular weight excluding hydrogens is 791 g/mol. The Morgan fingerprint density at radius 2 is 0.734 bits per heavy atom. The molecule has 380 valence electrons. The molecule has 2 unspecified atom stereocenters. The van der Waals surface area contributed by atoms with Crippen molar-refractivity contribution in [3.8, 4) is 0 Å². The monoisotopic (exact) mass is 904 g/mol. The standard InChI is InChI=1S/C58H113NO5/c1-3-5-7-9-11-13-15-17-19-20-21-22-23-24-26-30-34-38-42-46-50-56(61)55(54-60)59-57(62)51-47-43-39-35-31-27-25-29-33-37-41-45-49-53-64-58(63)52-48-44-40-36-32-28-18-16-14-12-10-8-6-4-2/h16,18,55-56,60-61H,3-15,17,19-54H2,1-2H3,(H,59,62)/b18-16-. The fourth-order valence-corrected chi connectivity index (χ4v) is 9.11. The summed E-state index contributed by atoms with van der Waals surface area (Å²) in [6.07, 6.45) is 63.4. The summed E-state index contributed by atoms with van der Waals surface area (Å²) < 4.78 is 5.46. The van der Waals surface area contributed by atoms with Crippen molar-refractivity contribution in [2.75, 3.05) is 13.2 Å². The fourth-order valence-electron chi connectivity index (χ4n) is 9.11. The third-order valence-corrected chi connectivity index (χ3v) is 13.6. The van der Waals surface area contributed by atoms with E-state index in [0.717, 1.165) is 51.4 Å². The molecule has 0 aromatic carbocycles. The molecule has 0 heterocycles. The first-order chi connectivity index (χ1) is 31.5. The topological polar surface area (TPSA) is 95.9 Å². The van der Waals surface area contributed by atoms with Crippen LogP contribution in [0.5, 0.6) is 0 Å². The molecule has 6 heteroatoms. The van der Waals surface area contributed by atoms with Gasteiger partial charge in [0.1, 0.15) is 0 Å². The van der Waals surface area contributed by atoms with E-state index in [1.807, 2.05) is 0 Å². The highest BCUT2D eigenvalue weighted by atomic mass is 16.5. The Morgan fingerprint density at radius 3 is 1.11 bits per heavy atom. The first kappa shape index (κ1) is 62.6. The van der Waals surface area contributed by atoms with Crippen LogP contribution in [0.2, 0.25) is 0 Å². The third kappa shape index (κ3) is 50.0. The van der Waals surface area contributed by atoms with Crippen LogP contribution in [-0.2, 0) is 14.3 Å². The van der Waals surface area contributed by atoms with Gasteiger partial charge in [0, 0.05) is 12.8 Å². The Morgan fingerprint density at radius 1 is 0.422 bits per heavy atom. The molecule has 0 radical (unpaired) electrons. The lowest BCUT2D eigenvalue weighted by atomic mass is 10.0. The van der Waals surface area contributed by atoms with Gasteiger partial charge in [-0.25, -0.2) is 0 Å². The molecule has 0 aromatic rings. The highest BCUT2D eigenvalue weighted by molar-refractivity contribution is 5.76. The van der Waals surface area contributed by atoms with Gasteiger partial charge in [-0.2, -0.15) is 0 Å². The van der Waals surface area contributed by atoms with E-state index in [9.17, 15) is 19.8 Å². The predicted octanol–water partition coefficient (Wildman–Crippen LogP) is 17.7. The maximum Gasteiger partial charge on any atom is 0.305 e. The van der Waals surface area contributed by atoms with Gasteiger partial charge < -0.3 is 20.3 Å². The Labute approximate surface area is 399 Å². The van der Waals surface area contributed by atoms with E-state index >= 15 is 0 Å². The van der Waals surface area contributed by atoms with Crippen molar-refractivity contribution in [3.05, 3.63) is 12.2 Å². The number of aliphatic hydroxyl groups excluding tert-OH is 2. The highest BCUT2D eigenvalue weighted by Gasteiger charge is 2.20. The molecule has 0 rings (SSSR count). The van der Waals surface area contributed by atoms with Crippen molar-refractivity contribution in [1.82, 2.24) is 5.32 Å². The van der Waals surface area contributed by atoms with E-state index in [4.69, 9.17) is 4.74 Å². The zero-order chi connectivity index (χ0) is 46.5. The number of aliphatic hydroxyl groups is 2. The van der Waals surface area contributed by atoms with Gasteiger partial charge in [-0.15, -0.1) is 0 Å². The van der Waals surface area contributed by atoms with Gasteiger partial charge in [0.2, 0.25) is 5.91 Å². The Kier molecular flexibility index (Phi) is 53.0. The second kappa shape index (κ2) is 54.2. The molecule has 64 heavy (non-hydrogen) atoms. The second-order valence-electron chi connectivity index (χ2n) is 20.0. The van der Waals surface area contributed by atoms with Crippen molar-refractivity contribution in [2.45, 2.75) is 334 Å². The minimum atomic E-state index is -0.673. The number of allylic oxidation sites excluding steroid dienone is 2. The van der Waals surface area contributed by atoms with Gasteiger partial charge in [0.05, 0.1) is 25.4 Å². The van der Waals surface area contributed by atoms with Crippen LogP contribution in [-0.4, -0.2) is 47.4 Å². The molecule has 3 N–H and O–H groups in total. The molecular formula is C58H113NO5. The van der Waals surface area contributed by atoms with Gasteiger partial charge in [-0.05, 0) is 51.4 Å². The molecule has 0 fully saturated rings. The van der Waals surface area contributed by atoms with Gasteiger partial charge in [0.15, 0.2) is 0 Å². The molecule has 0 saturated carbocycles. The Bertz CT molecular complexity index is 955. The number of unbranched alkanes of at least 4 members (excludes halogenated alkanes) is 41. The van der Waals surface area contributed by atoms with Crippen molar-refractivity contribution in [3.63, 3.8) is 0 Å². The van der Waals surface area contributed by atoms with E-state index in [0.29, 0.717) is 25.9 Å². The molecule has 0 bridgehead atoms. The van der Waals surface area contributed by atoms with Crippen LogP contribution in [0.15, 0.2) is 12.2 Å². The maximum atomic E-state index is 12.5. The van der Waals surface area contributed by atoms with Crippen LogP contribution in [0, 0.1) is 0 Å². The first-order valence-electron chi connectivity index (χ1n) is 28.9. The number of nitrogens with one attached hydrogen (secondary N) is 1. The minimum Gasteiger partial charge on any atom is -0.466 e. The van der Waals surface area contributed by atoms with Gasteiger partial charge in [0.25, 0.3) is 0 Å². The summed E-state index contributed by atoms with van der Waals surface area (Å²) >= 11 is 0. The summed E-state index contributed by atoms with van der Waals surface area (Å²) in [6, 6.07) is -0.551. The molecule has 6 nitrogen and oxygen atoms in total. The summed E-state index contributed by atoms with van der Waals surface area (Å²) in [5.41, 5.74) is 0. The molecule has 0 aromatic heterocycles. The number of rotatable bonds is 54. The highest BCUT2D eigenvalue weighted by Crippen LogP contribution is 2.17. The van der Waals surface area contributed by atoms with Crippen molar-refractivity contribution < 1.29 is 24.5 Å². The Hall–Kier alpha value is -1.40.